The standard InChI is InChI=1S/C25H20Cl2N2O4/c1-13-4-5-17(10-14(13)2)29-21(15-6-8-28-9-7-15)20(23(31)25(29)32)22(30)18-11-16(26)12-19(27)24(18)33-3/h4-12,21,30H,1-3H3/b22-20+. The summed E-state index contributed by atoms with van der Waals surface area (Å²) >= 11 is 12.4. The number of methoxy groups -OCH3 is 1. The van der Waals surface area contributed by atoms with Crippen LogP contribution < -0.4 is 9.64 Å². The molecule has 1 N–H and O–H groups in total. The highest BCUT2D eigenvalue weighted by atomic mass is 35.5. The van der Waals surface area contributed by atoms with Crippen LogP contribution in [-0.4, -0.2) is 28.9 Å². The molecule has 1 aliphatic heterocycles. The number of carbonyl (C=O) groups is 2. The molecule has 0 aliphatic carbocycles. The minimum Gasteiger partial charge on any atom is -0.507 e. The molecule has 1 aromatic heterocycles. The van der Waals surface area contributed by atoms with Crippen molar-refractivity contribution >= 4 is 46.3 Å². The second kappa shape index (κ2) is 8.89. The van der Waals surface area contributed by atoms with E-state index in [1.165, 1.54) is 24.1 Å². The lowest BCUT2D eigenvalue weighted by Gasteiger charge is -2.26. The Kier molecular flexibility index (Phi) is 6.15. The highest BCUT2D eigenvalue weighted by Gasteiger charge is 2.47. The summed E-state index contributed by atoms with van der Waals surface area (Å²) in [5.74, 6) is -1.87. The molecule has 0 spiro atoms. The Hall–Kier alpha value is -3.35. The van der Waals surface area contributed by atoms with Crippen LogP contribution in [0.5, 0.6) is 5.75 Å². The van der Waals surface area contributed by atoms with Gasteiger partial charge in [0, 0.05) is 23.1 Å². The molecule has 6 nitrogen and oxygen atoms in total. The molecule has 1 aliphatic rings. The van der Waals surface area contributed by atoms with Crippen molar-refractivity contribution in [3.8, 4) is 5.75 Å². The summed E-state index contributed by atoms with van der Waals surface area (Å²) in [5.41, 5.74) is 3.18. The first-order valence-corrected chi connectivity index (χ1v) is 10.8. The van der Waals surface area contributed by atoms with Crippen LogP contribution in [0.1, 0.15) is 28.3 Å². The molecule has 2 heterocycles. The van der Waals surface area contributed by atoms with Crippen LogP contribution in [-0.2, 0) is 9.59 Å². The van der Waals surface area contributed by atoms with Crippen LogP contribution in [0.25, 0.3) is 5.76 Å². The molecule has 8 heteroatoms. The first kappa shape index (κ1) is 22.8. The van der Waals surface area contributed by atoms with Crippen molar-refractivity contribution in [2.24, 2.45) is 0 Å². The molecular weight excluding hydrogens is 463 g/mol. The van der Waals surface area contributed by atoms with Crippen molar-refractivity contribution in [1.29, 1.82) is 0 Å². The number of halogens is 2. The van der Waals surface area contributed by atoms with E-state index >= 15 is 0 Å². The molecule has 1 fully saturated rings. The van der Waals surface area contributed by atoms with E-state index in [9.17, 15) is 14.7 Å². The quantitative estimate of drug-likeness (QED) is 0.295. The Morgan fingerprint density at radius 2 is 1.73 bits per heavy atom. The lowest BCUT2D eigenvalue weighted by atomic mass is 9.95. The van der Waals surface area contributed by atoms with Crippen molar-refractivity contribution < 1.29 is 19.4 Å². The Balaban J connectivity index is 2.00. The number of anilines is 1. The van der Waals surface area contributed by atoms with Gasteiger partial charge in [-0.1, -0.05) is 29.3 Å². The Labute approximate surface area is 201 Å². The zero-order chi connectivity index (χ0) is 23.9. The van der Waals surface area contributed by atoms with E-state index in [1.54, 1.807) is 30.6 Å². The van der Waals surface area contributed by atoms with Gasteiger partial charge in [-0.05, 0) is 66.9 Å². The molecule has 0 bridgehead atoms. The third kappa shape index (κ3) is 3.96. The summed E-state index contributed by atoms with van der Waals surface area (Å²) in [6.45, 7) is 3.89. The molecule has 33 heavy (non-hydrogen) atoms. The number of aliphatic hydroxyl groups is 1. The molecule has 1 unspecified atom stereocenters. The number of hydrogen-bond acceptors (Lipinski definition) is 5. The van der Waals surface area contributed by atoms with Gasteiger partial charge in [0.2, 0.25) is 0 Å². The van der Waals surface area contributed by atoms with Crippen LogP contribution in [0.15, 0.2) is 60.4 Å². The van der Waals surface area contributed by atoms with Crippen LogP contribution >= 0.6 is 23.2 Å². The van der Waals surface area contributed by atoms with Gasteiger partial charge in [-0.2, -0.15) is 0 Å². The molecule has 0 saturated carbocycles. The number of rotatable bonds is 4. The lowest BCUT2D eigenvalue weighted by Crippen LogP contribution is -2.29. The van der Waals surface area contributed by atoms with Gasteiger partial charge < -0.3 is 9.84 Å². The molecule has 168 valence electrons. The molecule has 1 saturated heterocycles. The van der Waals surface area contributed by atoms with E-state index < -0.39 is 23.5 Å². The average Bonchev–Trinajstić information content (AvgIpc) is 3.06. The largest absolute Gasteiger partial charge is 0.507 e. The van der Waals surface area contributed by atoms with E-state index in [1.807, 2.05) is 26.0 Å². The number of benzene rings is 2. The normalized spacial score (nSPS) is 17.5. The number of amides is 1. The van der Waals surface area contributed by atoms with Crippen molar-refractivity contribution in [3.63, 3.8) is 0 Å². The number of aromatic nitrogens is 1. The van der Waals surface area contributed by atoms with Crippen LogP contribution in [0.4, 0.5) is 5.69 Å². The Morgan fingerprint density at radius 1 is 1.03 bits per heavy atom. The van der Waals surface area contributed by atoms with Crippen LogP contribution in [0.3, 0.4) is 0 Å². The number of nitrogens with zero attached hydrogens (tertiary/aromatic N) is 2. The summed E-state index contributed by atoms with van der Waals surface area (Å²) in [7, 11) is 1.39. The van der Waals surface area contributed by atoms with Crippen molar-refractivity contribution in [1.82, 2.24) is 4.98 Å². The zero-order valence-corrected chi connectivity index (χ0v) is 19.6. The summed E-state index contributed by atoms with van der Waals surface area (Å²) in [5, 5.41) is 11.7. The molecule has 1 amide bonds. The molecule has 0 radical (unpaired) electrons. The maximum absolute atomic E-state index is 13.3. The van der Waals surface area contributed by atoms with Gasteiger partial charge in [0.15, 0.2) is 0 Å². The number of hydrogen-bond donors (Lipinski definition) is 1. The molecule has 2 aromatic carbocycles. The van der Waals surface area contributed by atoms with Crippen molar-refractivity contribution in [2.45, 2.75) is 19.9 Å². The Morgan fingerprint density at radius 3 is 2.36 bits per heavy atom. The maximum Gasteiger partial charge on any atom is 0.300 e. The fourth-order valence-electron chi connectivity index (χ4n) is 3.92. The number of Topliss-reactive ketones (excluding diaryl/α,β-unsaturated/α-hetero) is 1. The van der Waals surface area contributed by atoms with Crippen molar-refractivity contribution in [3.05, 3.63) is 92.7 Å². The van der Waals surface area contributed by atoms with Gasteiger partial charge in [-0.3, -0.25) is 19.5 Å². The molecule has 1 atom stereocenters. The van der Waals surface area contributed by atoms with Gasteiger partial charge in [-0.25, -0.2) is 0 Å². The second-order valence-corrected chi connectivity index (χ2v) is 8.53. The van der Waals surface area contributed by atoms with E-state index in [0.29, 0.717) is 11.3 Å². The van der Waals surface area contributed by atoms with E-state index in [2.05, 4.69) is 4.98 Å². The van der Waals surface area contributed by atoms with Crippen molar-refractivity contribution in [2.75, 3.05) is 12.0 Å². The number of aliphatic hydroxyl groups excluding tert-OH is 1. The maximum atomic E-state index is 13.3. The minimum atomic E-state index is -0.891. The second-order valence-electron chi connectivity index (χ2n) is 7.69. The first-order chi connectivity index (χ1) is 15.7. The summed E-state index contributed by atoms with van der Waals surface area (Å²) in [6.07, 6.45) is 3.12. The average molecular weight is 483 g/mol. The monoisotopic (exact) mass is 482 g/mol. The lowest BCUT2D eigenvalue weighted by molar-refractivity contribution is -0.132. The van der Waals surface area contributed by atoms with E-state index in [0.717, 1.165) is 11.1 Å². The van der Waals surface area contributed by atoms with Gasteiger partial charge in [0.1, 0.15) is 11.5 Å². The topological polar surface area (TPSA) is 79.7 Å². The van der Waals surface area contributed by atoms with Gasteiger partial charge >= 0.3 is 0 Å². The first-order valence-electron chi connectivity index (χ1n) is 10.1. The number of ketones is 1. The van der Waals surface area contributed by atoms with E-state index in [-0.39, 0.29) is 26.9 Å². The van der Waals surface area contributed by atoms with Crippen LogP contribution in [0.2, 0.25) is 10.0 Å². The van der Waals surface area contributed by atoms with Gasteiger partial charge in [0.05, 0.1) is 29.3 Å². The number of pyridine rings is 1. The van der Waals surface area contributed by atoms with Crippen LogP contribution in [0, 0.1) is 13.8 Å². The minimum absolute atomic E-state index is 0.0962. The fourth-order valence-corrected chi connectivity index (χ4v) is 4.49. The smallest absolute Gasteiger partial charge is 0.300 e. The van der Waals surface area contributed by atoms with E-state index in [4.69, 9.17) is 27.9 Å². The molecule has 3 aromatic rings. The zero-order valence-electron chi connectivity index (χ0n) is 18.1. The number of carbonyl (C=O) groups excluding carboxylic acids is 2. The molecular formula is C25H20Cl2N2O4. The van der Waals surface area contributed by atoms with Gasteiger partial charge in [-0.15, -0.1) is 0 Å². The number of ether oxygens (including phenoxy) is 1. The third-order valence-corrected chi connectivity index (χ3v) is 6.20. The van der Waals surface area contributed by atoms with Gasteiger partial charge in [0.25, 0.3) is 11.7 Å². The predicted molar refractivity (Wildman–Crippen MR) is 128 cm³/mol. The highest BCUT2D eigenvalue weighted by Crippen LogP contribution is 2.45. The summed E-state index contributed by atoms with van der Waals surface area (Å²) < 4.78 is 5.35. The number of aryl methyl sites for hydroxylation is 2. The summed E-state index contributed by atoms with van der Waals surface area (Å²) in [6, 6.07) is 10.9. The third-order valence-electron chi connectivity index (χ3n) is 5.70. The SMILES string of the molecule is COc1c(Cl)cc(Cl)cc1/C(O)=C1\C(=O)C(=O)N(c2ccc(C)c(C)c2)C1c1ccncc1. The molecule has 4 rings (SSSR count). The highest BCUT2D eigenvalue weighted by molar-refractivity contribution is 6.52. The predicted octanol–water partition coefficient (Wildman–Crippen LogP) is 5.64. The fraction of sp³-hybridized carbons (Fsp3) is 0.160. The summed E-state index contributed by atoms with van der Waals surface area (Å²) in [4.78, 5) is 31.9. The Bertz CT molecular complexity index is 1310.